The third-order valence-corrected chi connectivity index (χ3v) is 4.90. The Balaban J connectivity index is 1.51. The number of carbonyl (C=O) groups excluding carboxylic acids is 1. The molecule has 5 rings (SSSR count). The summed E-state index contributed by atoms with van der Waals surface area (Å²) in [6.07, 6.45) is 4.94. The van der Waals surface area contributed by atoms with Crippen molar-refractivity contribution in [1.29, 1.82) is 0 Å². The maximum atomic E-state index is 13.0. The van der Waals surface area contributed by atoms with Gasteiger partial charge in [-0.25, -0.2) is 9.50 Å². The fourth-order valence-electron chi connectivity index (χ4n) is 3.52. The molecular formula is C19H20N6O3. The largest absolute Gasteiger partial charge is 0.490 e. The highest BCUT2D eigenvalue weighted by Crippen LogP contribution is 2.39. The van der Waals surface area contributed by atoms with Gasteiger partial charge in [0.1, 0.15) is 17.9 Å². The summed E-state index contributed by atoms with van der Waals surface area (Å²) in [7, 11) is 0. The average molecular weight is 380 g/mol. The van der Waals surface area contributed by atoms with E-state index in [1.807, 2.05) is 12.1 Å². The van der Waals surface area contributed by atoms with Crippen molar-refractivity contribution in [1.82, 2.24) is 14.6 Å². The van der Waals surface area contributed by atoms with Crippen molar-refractivity contribution in [2.45, 2.75) is 0 Å². The van der Waals surface area contributed by atoms with Gasteiger partial charge in [0.2, 0.25) is 0 Å². The van der Waals surface area contributed by atoms with E-state index in [1.54, 1.807) is 23.0 Å². The molecule has 3 aromatic rings. The Morgan fingerprint density at radius 3 is 3.00 bits per heavy atom. The van der Waals surface area contributed by atoms with Gasteiger partial charge in [-0.3, -0.25) is 4.79 Å². The Morgan fingerprint density at radius 2 is 2.11 bits per heavy atom. The average Bonchev–Trinajstić information content (AvgIpc) is 3.18. The molecule has 1 amide bonds. The van der Waals surface area contributed by atoms with Gasteiger partial charge < -0.3 is 25.0 Å². The van der Waals surface area contributed by atoms with Crippen LogP contribution >= 0.6 is 0 Å². The molecule has 144 valence electrons. The van der Waals surface area contributed by atoms with Crippen LogP contribution in [0.15, 0.2) is 36.8 Å². The van der Waals surface area contributed by atoms with Crippen molar-refractivity contribution >= 4 is 28.6 Å². The summed E-state index contributed by atoms with van der Waals surface area (Å²) in [4.78, 5) is 19.5. The van der Waals surface area contributed by atoms with Gasteiger partial charge in [0.15, 0.2) is 5.65 Å². The second-order valence-corrected chi connectivity index (χ2v) is 6.64. The smallest absolute Gasteiger partial charge is 0.261 e. The highest BCUT2D eigenvalue weighted by atomic mass is 16.5. The number of fused-ring (bicyclic) bond motifs is 2. The third-order valence-electron chi connectivity index (χ3n) is 4.90. The maximum Gasteiger partial charge on any atom is 0.261 e. The molecule has 0 atom stereocenters. The molecule has 4 heterocycles. The quantitative estimate of drug-likeness (QED) is 0.713. The Hall–Kier alpha value is -3.33. The van der Waals surface area contributed by atoms with Gasteiger partial charge in [0.25, 0.3) is 5.91 Å². The van der Waals surface area contributed by atoms with E-state index in [0.717, 1.165) is 42.4 Å². The van der Waals surface area contributed by atoms with Crippen molar-refractivity contribution in [3.63, 3.8) is 0 Å². The predicted molar refractivity (Wildman–Crippen MR) is 104 cm³/mol. The summed E-state index contributed by atoms with van der Waals surface area (Å²) in [6, 6.07) is 5.68. The van der Waals surface area contributed by atoms with Crippen molar-refractivity contribution in [2.75, 3.05) is 55.0 Å². The van der Waals surface area contributed by atoms with Crippen LogP contribution in [0.25, 0.3) is 5.65 Å². The van der Waals surface area contributed by atoms with E-state index in [-0.39, 0.29) is 5.91 Å². The van der Waals surface area contributed by atoms with E-state index in [4.69, 9.17) is 9.47 Å². The van der Waals surface area contributed by atoms with Crippen molar-refractivity contribution in [2.24, 2.45) is 0 Å². The van der Waals surface area contributed by atoms with E-state index in [0.29, 0.717) is 31.0 Å². The normalized spacial score (nSPS) is 16.2. The molecule has 0 saturated carbocycles. The first-order chi connectivity index (χ1) is 13.8. The molecule has 1 aromatic carbocycles. The zero-order valence-corrected chi connectivity index (χ0v) is 15.2. The van der Waals surface area contributed by atoms with Crippen molar-refractivity contribution in [3.05, 3.63) is 42.4 Å². The SMILES string of the molecule is O=C(Nc1cc2c(cc1N1CCOCC1)OCCN2)c1cnn2cccnc12. The number of aromatic nitrogens is 3. The minimum Gasteiger partial charge on any atom is -0.490 e. The zero-order chi connectivity index (χ0) is 18.9. The van der Waals surface area contributed by atoms with Crippen LogP contribution in [0.2, 0.25) is 0 Å². The predicted octanol–water partition coefficient (Wildman–Crippen LogP) is 1.62. The van der Waals surface area contributed by atoms with Gasteiger partial charge in [-0.05, 0) is 12.1 Å². The first kappa shape index (κ1) is 16.8. The Kier molecular flexibility index (Phi) is 4.21. The van der Waals surface area contributed by atoms with Crippen LogP contribution in [0.1, 0.15) is 10.4 Å². The lowest BCUT2D eigenvalue weighted by Gasteiger charge is -2.32. The minimum absolute atomic E-state index is 0.250. The van der Waals surface area contributed by atoms with Crippen LogP contribution in [0.3, 0.4) is 0 Å². The summed E-state index contributed by atoms with van der Waals surface area (Å²) in [6.45, 7) is 4.17. The lowest BCUT2D eigenvalue weighted by Crippen LogP contribution is -2.37. The number of rotatable bonds is 3. The fraction of sp³-hybridized carbons (Fsp3) is 0.316. The lowest BCUT2D eigenvalue weighted by atomic mass is 10.1. The summed E-state index contributed by atoms with van der Waals surface area (Å²) >= 11 is 0. The zero-order valence-electron chi connectivity index (χ0n) is 15.2. The van der Waals surface area contributed by atoms with E-state index >= 15 is 0 Å². The molecule has 2 N–H and O–H groups in total. The van der Waals surface area contributed by atoms with Crippen LogP contribution in [0.5, 0.6) is 5.75 Å². The Morgan fingerprint density at radius 1 is 1.21 bits per heavy atom. The maximum absolute atomic E-state index is 13.0. The van der Waals surface area contributed by atoms with Crippen LogP contribution in [0.4, 0.5) is 17.1 Å². The number of nitrogens with zero attached hydrogens (tertiary/aromatic N) is 4. The topological polar surface area (TPSA) is 93.0 Å². The number of carbonyl (C=O) groups is 1. The van der Waals surface area contributed by atoms with Gasteiger partial charge in [-0.1, -0.05) is 0 Å². The first-order valence-corrected chi connectivity index (χ1v) is 9.27. The van der Waals surface area contributed by atoms with Crippen LogP contribution in [0, 0.1) is 0 Å². The van der Waals surface area contributed by atoms with Gasteiger partial charge in [-0.2, -0.15) is 5.10 Å². The van der Waals surface area contributed by atoms with E-state index in [2.05, 4.69) is 25.6 Å². The molecule has 2 aliphatic heterocycles. The molecule has 0 radical (unpaired) electrons. The van der Waals surface area contributed by atoms with Crippen molar-refractivity contribution < 1.29 is 14.3 Å². The van der Waals surface area contributed by atoms with Gasteiger partial charge in [0, 0.05) is 38.1 Å². The molecule has 0 unspecified atom stereocenters. The third kappa shape index (κ3) is 2.99. The number of benzene rings is 1. The monoisotopic (exact) mass is 380 g/mol. The summed E-state index contributed by atoms with van der Waals surface area (Å²) in [5, 5.41) is 10.6. The standard InChI is InChI=1S/C19H20N6O3/c26-19(13-12-22-25-4-1-2-21-18(13)25)23-14-10-15-17(28-7-3-20-15)11-16(14)24-5-8-27-9-6-24/h1-2,4,10-12,20H,3,5-9H2,(H,23,26). The molecular weight excluding hydrogens is 360 g/mol. The Labute approximate surface area is 161 Å². The highest BCUT2D eigenvalue weighted by molar-refractivity contribution is 6.09. The number of anilines is 3. The number of ether oxygens (including phenoxy) is 2. The molecule has 9 nitrogen and oxygen atoms in total. The molecule has 0 bridgehead atoms. The highest BCUT2D eigenvalue weighted by Gasteiger charge is 2.22. The van der Waals surface area contributed by atoms with Crippen LogP contribution < -0.4 is 20.3 Å². The summed E-state index contributed by atoms with van der Waals surface area (Å²) in [5.41, 5.74) is 3.46. The van der Waals surface area contributed by atoms with E-state index < -0.39 is 0 Å². The molecule has 1 fully saturated rings. The number of hydrogen-bond donors (Lipinski definition) is 2. The van der Waals surface area contributed by atoms with Gasteiger partial charge in [0.05, 0.1) is 36.5 Å². The van der Waals surface area contributed by atoms with E-state index in [9.17, 15) is 4.79 Å². The number of morpholine rings is 1. The summed E-state index contributed by atoms with van der Waals surface area (Å²) < 4.78 is 12.8. The minimum atomic E-state index is -0.250. The molecule has 2 aromatic heterocycles. The molecule has 1 saturated heterocycles. The van der Waals surface area contributed by atoms with Gasteiger partial charge >= 0.3 is 0 Å². The first-order valence-electron chi connectivity index (χ1n) is 9.27. The number of amides is 1. The molecule has 28 heavy (non-hydrogen) atoms. The van der Waals surface area contributed by atoms with E-state index in [1.165, 1.54) is 6.20 Å². The second-order valence-electron chi connectivity index (χ2n) is 6.64. The lowest BCUT2D eigenvalue weighted by molar-refractivity contribution is 0.102. The number of hydrogen-bond acceptors (Lipinski definition) is 7. The second kappa shape index (κ2) is 7.01. The molecule has 9 heteroatoms. The van der Waals surface area contributed by atoms with Crippen LogP contribution in [-0.4, -0.2) is 60.0 Å². The molecule has 2 aliphatic rings. The van der Waals surface area contributed by atoms with Gasteiger partial charge in [-0.15, -0.1) is 0 Å². The van der Waals surface area contributed by atoms with Crippen LogP contribution in [-0.2, 0) is 4.74 Å². The summed E-state index contributed by atoms with van der Waals surface area (Å²) in [5.74, 6) is 0.545. The molecule has 0 spiro atoms. The van der Waals surface area contributed by atoms with Crippen molar-refractivity contribution in [3.8, 4) is 5.75 Å². The number of nitrogens with one attached hydrogen (secondary N) is 2. The Bertz CT molecular complexity index is 1030. The fourth-order valence-corrected chi connectivity index (χ4v) is 3.52. The molecule has 0 aliphatic carbocycles.